The molecule has 0 N–H and O–H groups in total. The lowest BCUT2D eigenvalue weighted by Gasteiger charge is -2.32. The summed E-state index contributed by atoms with van der Waals surface area (Å²) in [7, 11) is 6.30. The second-order valence-electron chi connectivity index (χ2n) is 11.6. The molecule has 2 aliphatic rings. The minimum absolute atomic E-state index is 0.0606. The van der Waals surface area contributed by atoms with Gasteiger partial charge in [-0.1, -0.05) is 31.2 Å². The van der Waals surface area contributed by atoms with E-state index in [-0.39, 0.29) is 12.2 Å². The first-order chi connectivity index (χ1) is 18.3. The summed E-state index contributed by atoms with van der Waals surface area (Å²) in [4.78, 5) is 2.24. The van der Waals surface area contributed by atoms with Gasteiger partial charge in [0.05, 0.1) is 18.8 Å². The Kier molecular flexibility index (Phi) is 8.14. The molecule has 3 heterocycles. The van der Waals surface area contributed by atoms with Gasteiger partial charge in [-0.05, 0) is 83.2 Å². The maximum atomic E-state index is 6.26. The molecule has 0 unspecified atom stereocenters. The fourth-order valence-electron chi connectivity index (χ4n) is 5.86. The summed E-state index contributed by atoms with van der Waals surface area (Å²) in [6.07, 6.45) is 8.34. The van der Waals surface area contributed by atoms with Crippen molar-refractivity contribution in [2.75, 3.05) is 20.7 Å². The predicted octanol–water partition coefficient (Wildman–Crippen LogP) is 5.35. The van der Waals surface area contributed by atoms with E-state index < -0.39 is 0 Å². The van der Waals surface area contributed by atoms with Gasteiger partial charge in [0.1, 0.15) is 23.4 Å². The monoisotopic (exact) mass is 521 g/mol. The number of ether oxygens (including phenoxy) is 2. The number of rotatable bonds is 8. The van der Waals surface area contributed by atoms with Crippen LogP contribution in [0.15, 0.2) is 30.5 Å². The topological polar surface area (TPSA) is 83.1 Å². The van der Waals surface area contributed by atoms with Crippen molar-refractivity contribution in [2.45, 2.75) is 95.4 Å². The first-order valence-electron chi connectivity index (χ1n) is 14.2. The van der Waals surface area contributed by atoms with E-state index in [2.05, 4.69) is 94.0 Å². The molecule has 5 rings (SSSR count). The van der Waals surface area contributed by atoms with Crippen molar-refractivity contribution in [2.24, 2.45) is 7.05 Å². The summed E-state index contributed by atoms with van der Waals surface area (Å²) >= 11 is 0. The summed E-state index contributed by atoms with van der Waals surface area (Å²) in [5, 5.41) is 18.1. The van der Waals surface area contributed by atoms with Crippen LogP contribution < -0.4 is 4.74 Å². The number of nitrogens with zero attached hydrogens (tertiary/aromatic N) is 7. The molecule has 2 fully saturated rings. The van der Waals surface area contributed by atoms with E-state index in [1.807, 2.05) is 13.0 Å². The standard InChI is InChI=1S/C29H43N7O2/c1-19(2)22-8-7-9-25(16-22)38-20(3)28-31-32-29(35(28)6)21-10-12-23(13-11-21)36-17-26(30-33-36)27-15-14-24(18-37-27)34(4)5/h7-9,16-17,19-21,23-24,27H,10-15,18H2,1-6H3/t20-,21-,23-,24-,27+/m1/s1. The van der Waals surface area contributed by atoms with Crippen molar-refractivity contribution in [1.82, 2.24) is 34.7 Å². The van der Waals surface area contributed by atoms with Crippen LogP contribution in [0, 0.1) is 0 Å². The van der Waals surface area contributed by atoms with Gasteiger partial charge in [-0.25, -0.2) is 4.68 Å². The number of likely N-dealkylation sites (N-methyl/N-ethyl adjacent to an activating group) is 1. The Morgan fingerprint density at radius 1 is 1.00 bits per heavy atom. The number of hydrogen-bond acceptors (Lipinski definition) is 7. The molecule has 1 saturated carbocycles. The van der Waals surface area contributed by atoms with Crippen LogP contribution in [0.3, 0.4) is 0 Å². The Morgan fingerprint density at radius 3 is 2.47 bits per heavy atom. The Hall–Kier alpha value is -2.78. The molecule has 3 aromatic rings. The van der Waals surface area contributed by atoms with Gasteiger partial charge in [-0.3, -0.25) is 0 Å². The normalized spacial score (nSPS) is 25.2. The third kappa shape index (κ3) is 5.78. The van der Waals surface area contributed by atoms with Gasteiger partial charge in [0.2, 0.25) is 0 Å². The lowest BCUT2D eigenvalue weighted by molar-refractivity contribution is -0.0291. The molecule has 3 atom stereocenters. The van der Waals surface area contributed by atoms with Crippen molar-refractivity contribution in [3.8, 4) is 5.75 Å². The SMILES string of the molecule is CC(C)c1cccc(O[C@H](C)c2nnc([C@H]3CC[C@H](n4cc([C@@H]5CC[C@@H](N(C)C)CO5)nn4)CC3)n2C)c1. The second kappa shape index (κ2) is 11.5. The molecule has 206 valence electrons. The van der Waals surface area contributed by atoms with E-state index in [1.165, 1.54) is 5.56 Å². The highest BCUT2D eigenvalue weighted by atomic mass is 16.5. The van der Waals surface area contributed by atoms with E-state index in [4.69, 9.17) is 9.47 Å². The highest BCUT2D eigenvalue weighted by Crippen LogP contribution is 2.38. The average Bonchev–Trinajstić information content (AvgIpc) is 3.56. The molecule has 2 aromatic heterocycles. The molecule has 0 radical (unpaired) electrons. The van der Waals surface area contributed by atoms with Crippen LogP contribution in [0.25, 0.3) is 0 Å². The molecule has 0 spiro atoms. The van der Waals surface area contributed by atoms with Gasteiger partial charge in [0, 0.05) is 19.0 Å². The van der Waals surface area contributed by atoms with Crippen molar-refractivity contribution in [3.63, 3.8) is 0 Å². The number of aromatic nitrogens is 6. The van der Waals surface area contributed by atoms with Crippen LogP contribution in [-0.2, 0) is 11.8 Å². The van der Waals surface area contributed by atoms with E-state index >= 15 is 0 Å². The van der Waals surface area contributed by atoms with Crippen LogP contribution in [0.1, 0.15) is 112 Å². The lowest BCUT2D eigenvalue weighted by atomic mass is 9.85. The van der Waals surface area contributed by atoms with Crippen LogP contribution in [0.4, 0.5) is 0 Å². The highest BCUT2D eigenvalue weighted by Gasteiger charge is 2.31. The van der Waals surface area contributed by atoms with Crippen molar-refractivity contribution in [3.05, 3.63) is 53.4 Å². The minimum Gasteiger partial charge on any atom is -0.483 e. The second-order valence-corrected chi connectivity index (χ2v) is 11.6. The molecule has 1 aliphatic heterocycles. The van der Waals surface area contributed by atoms with Crippen LogP contribution in [0.5, 0.6) is 5.75 Å². The van der Waals surface area contributed by atoms with Crippen molar-refractivity contribution < 1.29 is 9.47 Å². The summed E-state index contributed by atoms with van der Waals surface area (Å²) in [5.41, 5.74) is 2.24. The lowest BCUT2D eigenvalue weighted by Crippen LogP contribution is -2.36. The maximum absolute atomic E-state index is 6.26. The average molecular weight is 522 g/mol. The Morgan fingerprint density at radius 2 is 1.79 bits per heavy atom. The molecule has 9 heteroatoms. The zero-order valence-corrected chi connectivity index (χ0v) is 23.7. The smallest absolute Gasteiger partial charge is 0.173 e. The van der Waals surface area contributed by atoms with Gasteiger partial charge in [-0.2, -0.15) is 0 Å². The summed E-state index contributed by atoms with van der Waals surface area (Å²) in [6, 6.07) is 9.19. The molecule has 38 heavy (non-hydrogen) atoms. The maximum Gasteiger partial charge on any atom is 0.173 e. The van der Waals surface area contributed by atoms with E-state index in [0.717, 1.165) is 68.2 Å². The van der Waals surface area contributed by atoms with Crippen molar-refractivity contribution in [1.29, 1.82) is 0 Å². The van der Waals surface area contributed by atoms with Gasteiger partial charge in [0.25, 0.3) is 0 Å². The first kappa shape index (κ1) is 26.8. The van der Waals surface area contributed by atoms with E-state index in [0.29, 0.717) is 23.9 Å². The fourth-order valence-corrected chi connectivity index (χ4v) is 5.86. The van der Waals surface area contributed by atoms with Crippen LogP contribution >= 0.6 is 0 Å². The zero-order chi connectivity index (χ0) is 26.8. The molecule has 1 saturated heterocycles. The Bertz CT molecular complexity index is 1190. The van der Waals surface area contributed by atoms with Gasteiger partial charge < -0.3 is 18.9 Å². The molecule has 9 nitrogen and oxygen atoms in total. The van der Waals surface area contributed by atoms with Crippen molar-refractivity contribution >= 4 is 0 Å². The highest BCUT2D eigenvalue weighted by molar-refractivity contribution is 5.30. The predicted molar refractivity (Wildman–Crippen MR) is 146 cm³/mol. The molecular formula is C29H43N7O2. The first-order valence-corrected chi connectivity index (χ1v) is 14.2. The summed E-state index contributed by atoms with van der Waals surface area (Å²) in [6.45, 7) is 7.19. The van der Waals surface area contributed by atoms with Crippen LogP contribution in [-0.4, -0.2) is 61.4 Å². The summed E-state index contributed by atoms with van der Waals surface area (Å²) < 4.78 is 16.6. The van der Waals surface area contributed by atoms with Gasteiger partial charge in [0.15, 0.2) is 11.9 Å². The Balaban J connectivity index is 1.17. The quantitative estimate of drug-likeness (QED) is 0.395. The fraction of sp³-hybridized carbons (Fsp3) is 0.655. The third-order valence-electron chi connectivity index (χ3n) is 8.42. The molecule has 1 aromatic carbocycles. The largest absolute Gasteiger partial charge is 0.483 e. The molecular weight excluding hydrogens is 478 g/mol. The third-order valence-corrected chi connectivity index (χ3v) is 8.42. The van der Waals surface area contributed by atoms with Gasteiger partial charge in [-0.15, -0.1) is 15.3 Å². The minimum atomic E-state index is -0.177. The van der Waals surface area contributed by atoms with E-state index in [9.17, 15) is 0 Å². The van der Waals surface area contributed by atoms with Gasteiger partial charge >= 0.3 is 0 Å². The molecule has 0 amide bonds. The van der Waals surface area contributed by atoms with E-state index in [1.54, 1.807) is 0 Å². The van der Waals surface area contributed by atoms with Crippen LogP contribution in [0.2, 0.25) is 0 Å². The number of hydrogen-bond donors (Lipinski definition) is 0. The summed E-state index contributed by atoms with van der Waals surface area (Å²) in [5.74, 6) is 3.64. The molecule has 1 aliphatic carbocycles. The zero-order valence-electron chi connectivity index (χ0n) is 23.7. The number of benzene rings is 1. The Labute approximate surface area is 226 Å². The molecule has 0 bridgehead atoms.